The molecule has 1 aromatic rings. The molecule has 0 fully saturated rings. The Hall–Kier alpha value is -1.43. The Morgan fingerprint density at radius 2 is 2.36 bits per heavy atom. The maximum atomic E-state index is 10.8. The fourth-order valence-electron chi connectivity index (χ4n) is 1.14. The van der Waals surface area contributed by atoms with Gasteiger partial charge in [0.05, 0.1) is 6.54 Å². The van der Waals surface area contributed by atoms with E-state index in [2.05, 4.69) is 10.6 Å². The van der Waals surface area contributed by atoms with Gasteiger partial charge in [0, 0.05) is 20.8 Å². The quantitative estimate of drug-likeness (QED) is 0.669. The number of carbonyl (C=O) groups is 1. The molecule has 1 amide bonds. The summed E-state index contributed by atoms with van der Waals surface area (Å²) in [6.07, 6.45) is 0. The molecule has 14 heavy (non-hydrogen) atoms. The maximum Gasteiger partial charge on any atom is 0.306 e. The second kappa shape index (κ2) is 4.19. The molecule has 3 N–H and O–H groups in total. The zero-order chi connectivity index (χ0) is 10.7. The molecule has 0 atom stereocenters. The van der Waals surface area contributed by atoms with E-state index < -0.39 is 0 Å². The monoisotopic (exact) mass is 199 g/mol. The van der Waals surface area contributed by atoms with Crippen molar-refractivity contribution in [3.63, 3.8) is 0 Å². The molecular formula is C8H15N4O2+. The van der Waals surface area contributed by atoms with Crippen LogP contribution in [0.5, 0.6) is 0 Å². The second-order valence-corrected chi connectivity index (χ2v) is 3.27. The van der Waals surface area contributed by atoms with Crippen LogP contribution in [-0.4, -0.2) is 11.2 Å². The van der Waals surface area contributed by atoms with Crippen molar-refractivity contribution in [2.75, 3.05) is 5.32 Å². The number of rotatable bonds is 3. The van der Waals surface area contributed by atoms with Gasteiger partial charge in [-0.25, -0.2) is 0 Å². The number of nitrogens with one attached hydrogen (secondary N) is 1. The van der Waals surface area contributed by atoms with Gasteiger partial charge in [0.1, 0.15) is 0 Å². The van der Waals surface area contributed by atoms with Crippen molar-refractivity contribution in [1.82, 2.24) is 5.27 Å². The molecule has 0 radical (unpaired) electrons. The van der Waals surface area contributed by atoms with Gasteiger partial charge in [0.2, 0.25) is 11.2 Å². The predicted octanol–water partition coefficient (Wildman–Crippen LogP) is -0.0399. The van der Waals surface area contributed by atoms with Crippen molar-refractivity contribution >= 4 is 11.8 Å². The topological polar surface area (TPSA) is 85.0 Å². The van der Waals surface area contributed by atoms with E-state index in [-0.39, 0.29) is 18.5 Å². The van der Waals surface area contributed by atoms with Crippen molar-refractivity contribution < 1.29 is 14.0 Å². The van der Waals surface area contributed by atoms with Crippen LogP contribution in [0.4, 0.5) is 5.88 Å². The number of carbonyl (C=O) groups excluding carboxylic acids is 1. The van der Waals surface area contributed by atoms with Gasteiger partial charge in [-0.3, -0.25) is 14.6 Å². The molecule has 0 spiro atoms. The summed E-state index contributed by atoms with van der Waals surface area (Å²) in [7, 11) is 0. The van der Waals surface area contributed by atoms with E-state index in [0.29, 0.717) is 11.6 Å². The van der Waals surface area contributed by atoms with Crippen molar-refractivity contribution in [3.05, 3.63) is 5.69 Å². The van der Waals surface area contributed by atoms with Gasteiger partial charge in [-0.15, -0.1) is 0 Å². The number of nitrogens with zero attached hydrogens (tertiary/aromatic N) is 2. The highest BCUT2D eigenvalue weighted by molar-refractivity contribution is 5.87. The van der Waals surface area contributed by atoms with E-state index in [1.54, 1.807) is 4.68 Å². The maximum absolute atomic E-state index is 10.8. The Morgan fingerprint density at radius 3 is 2.79 bits per heavy atom. The molecule has 1 aromatic heterocycles. The number of hydrogen-bond donors (Lipinski definition) is 2. The van der Waals surface area contributed by atoms with Crippen molar-refractivity contribution in [3.8, 4) is 0 Å². The molecule has 6 heteroatoms. The molecule has 0 aliphatic heterocycles. The van der Waals surface area contributed by atoms with Crippen LogP contribution in [-0.2, 0) is 11.3 Å². The molecule has 0 aromatic carbocycles. The minimum absolute atomic E-state index is 0.153. The highest BCUT2D eigenvalue weighted by Gasteiger charge is 2.25. The molecule has 0 unspecified atom stereocenters. The molecule has 78 valence electrons. The number of nitrogens with two attached hydrogens (primary N) is 1. The number of hydrogen-bond acceptors (Lipinski definition) is 4. The third-order valence-corrected chi connectivity index (χ3v) is 1.73. The lowest BCUT2D eigenvalue weighted by atomic mass is 10.3. The Kier molecular flexibility index (Phi) is 3.19. The highest BCUT2D eigenvalue weighted by atomic mass is 16.5. The summed E-state index contributed by atoms with van der Waals surface area (Å²) in [4.78, 5) is 10.8. The van der Waals surface area contributed by atoms with Gasteiger partial charge in [-0.1, -0.05) is 0 Å². The lowest BCUT2D eigenvalue weighted by Gasteiger charge is -1.96. The molecule has 1 heterocycles. The van der Waals surface area contributed by atoms with Crippen molar-refractivity contribution in [2.24, 2.45) is 5.73 Å². The van der Waals surface area contributed by atoms with E-state index in [1.165, 1.54) is 6.92 Å². The Balaban J connectivity index is 3.01. The fraction of sp³-hybridized carbons (Fsp3) is 0.625. The molecule has 6 nitrogen and oxygen atoms in total. The Labute approximate surface area is 82.0 Å². The largest absolute Gasteiger partial charge is 0.321 e. The van der Waals surface area contributed by atoms with Crippen molar-refractivity contribution in [2.45, 2.75) is 33.4 Å². The summed E-state index contributed by atoms with van der Waals surface area (Å²) in [5, 5.41) is 6.32. The molecule has 1 rings (SSSR count). The van der Waals surface area contributed by atoms with Gasteiger partial charge >= 0.3 is 5.88 Å². The Morgan fingerprint density at radius 1 is 1.71 bits per heavy atom. The summed E-state index contributed by atoms with van der Waals surface area (Å²) >= 11 is 0. The number of anilines is 1. The first-order valence-electron chi connectivity index (χ1n) is 4.44. The third kappa shape index (κ3) is 2.08. The van der Waals surface area contributed by atoms with E-state index in [4.69, 9.17) is 10.3 Å². The summed E-state index contributed by atoms with van der Waals surface area (Å²) < 4.78 is 6.60. The fourth-order valence-corrected chi connectivity index (χ4v) is 1.14. The van der Waals surface area contributed by atoms with Gasteiger partial charge in [-0.2, -0.15) is 0 Å². The molecule has 0 aliphatic rings. The van der Waals surface area contributed by atoms with Crippen LogP contribution in [0.3, 0.4) is 0 Å². The minimum Gasteiger partial charge on any atom is -0.321 e. The van der Waals surface area contributed by atoms with Crippen LogP contribution < -0.4 is 15.7 Å². The van der Waals surface area contributed by atoms with Crippen LogP contribution in [0.1, 0.15) is 32.5 Å². The van der Waals surface area contributed by atoms with Crippen LogP contribution in [0.2, 0.25) is 0 Å². The van der Waals surface area contributed by atoms with E-state index in [0.717, 1.165) is 0 Å². The summed E-state index contributed by atoms with van der Waals surface area (Å²) in [6.45, 7) is 5.60. The standard InChI is InChI=1S/C8H14N4O2/c1-5(2)12-7(4-9)8(14-11-12)10-6(3)13/h5H,4,9H2,1-3H3/p+1. The smallest absolute Gasteiger partial charge is 0.306 e. The van der Waals surface area contributed by atoms with E-state index >= 15 is 0 Å². The average molecular weight is 199 g/mol. The first kappa shape index (κ1) is 10.6. The third-order valence-electron chi connectivity index (χ3n) is 1.73. The first-order valence-corrected chi connectivity index (χ1v) is 4.44. The highest BCUT2D eigenvalue weighted by Crippen LogP contribution is 2.10. The normalized spacial score (nSPS) is 10.6. The minimum atomic E-state index is -0.202. The zero-order valence-corrected chi connectivity index (χ0v) is 8.57. The molecular weight excluding hydrogens is 184 g/mol. The first-order chi connectivity index (χ1) is 6.56. The lowest BCUT2D eigenvalue weighted by Crippen LogP contribution is -2.42. The summed E-state index contributed by atoms with van der Waals surface area (Å²) in [5.74, 6) is 0.125. The summed E-state index contributed by atoms with van der Waals surface area (Å²) in [6, 6.07) is 0.153. The lowest BCUT2D eigenvalue weighted by molar-refractivity contribution is -0.785. The van der Waals surface area contributed by atoms with Gasteiger partial charge in [-0.05, 0) is 4.68 Å². The predicted molar refractivity (Wildman–Crippen MR) is 49.3 cm³/mol. The molecule has 0 saturated heterocycles. The van der Waals surface area contributed by atoms with E-state index in [1.807, 2.05) is 13.8 Å². The van der Waals surface area contributed by atoms with Crippen LogP contribution in [0.15, 0.2) is 4.52 Å². The van der Waals surface area contributed by atoms with Gasteiger partial charge in [0.15, 0.2) is 6.04 Å². The Bertz CT molecular complexity index is 332. The second-order valence-electron chi connectivity index (χ2n) is 3.27. The zero-order valence-electron chi connectivity index (χ0n) is 8.57. The van der Waals surface area contributed by atoms with Crippen LogP contribution in [0.25, 0.3) is 0 Å². The van der Waals surface area contributed by atoms with Crippen LogP contribution >= 0.6 is 0 Å². The van der Waals surface area contributed by atoms with Crippen LogP contribution in [0, 0.1) is 0 Å². The number of amides is 1. The molecule has 0 saturated carbocycles. The van der Waals surface area contributed by atoms with Gasteiger partial charge < -0.3 is 5.73 Å². The van der Waals surface area contributed by atoms with E-state index in [9.17, 15) is 4.79 Å². The number of aromatic nitrogens is 2. The molecule has 0 aliphatic carbocycles. The average Bonchev–Trinajstić information content (AvgIpc) is 2.46. The van der Waals surface area contributed by atoms with Gasteiger partial charge in [0.25, 0.3) is 5.69 Å². The SMILES string of the molecule is CC(=O)Nc1on[n+](C(C)C)c1CN. The molecule has 0 bridgehead atoms. The summed E-state index contributed by atoms with van der Waals surface area (Å²) in [5.41, 5.74) is 6.23. The van der Waals surface area contributed by atoms with Crippen molar-refractivity contribution in [1.29, 1.82) is 0 Å².